The number of hydrogen-bond donors (Lipinski definition) is 2. The molecule has 0 aliphatic carbocycles. The largest absolute Gasteiger partial charge is 0.507 e. The molecule has 1 atom stereocenters. The number of nitrogens with zero attached hydrogens (tertiary/aromatic N) is 1. The number of carbonyl (C=O) groups excluding carboxylic acids is 1. The number of para-hydroxylation sites is 1. The molecule has 2 aromatic carbocycles. The Bertz CT molecular complexity index is 710. The van der Waals surface area contributed by atoms with Gasteiger partial charge in [0.1, 0.15) is 5.75 Å². The highest BCUT2D eigenvalue weighted by atomic mass is 16.3. The van der Waals surface area contributed by atoms with Gasteiger partial charge in [0, 0.05) is 31.1 Å². The van der Waals surface area contributed by atoms with Crippen LogP contribution in [-0.4, -0.2) is 29.7 Å². The molecule has 23 heavy (non-hydrogen) atoms. The lowest BCUT2D eigenvalue weighted by molar-refractivity contribution is 0.0997. The Morgan fingerprint density at radius 2 is 1.87 bits per heavy atom. The first-order chi connectivity index (χ1) is 11.2. The van der Waals surface area contributed by atoms with Crippen molar-refractivity contribution in [2.75, 3.05) is 13.1 Å². The third kappa shape index (κ3) is 3.85. The predicted octanol–water partition coefficient (Wildman–Crippen LogP) is 3.14. The third-order valence-corrected chi connectivity index (χ3v) is 4.05. The molecule has 3 rings (SSSR count). The van der Waals surface area contributed by atoms with Gasteiger partial charge in [0.2, 0.25) is 0 Å². The number of Topliss-reactive ketones (excluding diaryl/α,β-unsaturated/α-hetero) is 1. The molecule has 1 aliphatic heterocycles. The lowest BCUT2D eigenvalue weighted by Gasteiger charge is -2.17. The fourth-order valence-electron chi connectivity index (χ4n) is 2.86. The van der Waals surface area contributed by atoms with Gasteiger partial charge in [-0.15, -0.1) is 0 Å². The van der Waals surface area contributed by atoms with Crippen molar-refractivity contribution in [1.29, 1.82) is 0 Å². The smallest absolute Gasteiger partial charge is 0.172 e. The first kappa shape index (κ1) is 15.4. The summed E-state index contributed by atoms with van der Waals surface area (Å²) in [6, 6.07) is 17.1. The van der Waals surface area contributed by atoms with Crippen molar-refractivity contribution in [2.24, 2.45) is 4.99 Å². The van der Waals surface area contributed by atoms with E-state index in [4.69, 9.17) is 0 Å². The average Bonchev–Trinajstić information content (AvgIpc) is 2.81. The third-order valence-electron chi connectivity index (χ3n) is 4.05. The number of aliphatic imine (C=N–C) groups is 1. The first-order valence-electron chi connectivity index (χ1n) is 7.86. The molecule has 118 valence electrons. The van der Waals surface area contributed by atoms with E-state index in [0.717, 1.165) is 12.3 Å². The van der Waals surface area contributed by atoms with Crippen LogP contribution in [0.1, 0.15) is 34.8 Å². The minimum atomic E-state index is -0.0874. The fraction of sp³-hybridized carbons (Fsp3) is 0.263. The van der Waals surface area contributed by atoms with E-state index in [9.17, 15) is 9.90 Å². The predicted molar refractivity (Wildman–Crippen MR) is 91.2 cm³/mol. The summed E-state index contributed by atoms with van der Waals surface area (Å²) in [5.41, 5.74) is 2.46. The molecule has 0 saturated heterocycles. The van der Waals surface area contributed by atoms with Gasteiger partial charge in [-0.1, -0.05) is 42.5 Å². The van der Waals surface area contributed by atoms with Crippen LogP contribution in [0, 0.1) is 0 Å². The number of benzene rings is 2. The van der Waals surface area contributed by atoms with Crippen LogP contribution in [0.3, 0.4) is 0 Å². The molecule has 0 bridgehead atoms. The van der Waals surface area contributed by atoms with Crippen molar-refractivity contribution in [3.05, 3.63) is 65.7 Å². The van der Waals surface area contributed by atoms with Gasteiger partial charge in [-0.2, -0.15) is 0 Å². The minimum absolute atomic E-state index is 0.0319. The zero-order valence-electron chi connectivity index (χ0n) is 12.9. The van der Waals surface area contributed by atoms with E-state index in [1.807, 2.05) is 18.2 Å². The highest BCUT2D eigenvalue weighted by Gasteiger charge is 2.20. The Morgan fingerprint density at radius 1 is 1.13 bits per heavy atom. The molecule has 0 aromatic heterocycles. The molecule has 0 unspecified atom stereocenters. The summed E-state index contributed by atoms with van der Waals surface area (Å²) in [6.07, 6.45) is 0.964. The number of phenols is 1. The van der Waals surface area contributed by atoms with E-state index >= 15 is 0 Å². The van der Waals surface area contributed by atoms with Crippen molar-refractivity contribution in [3.63, 3.8) is 0 Å². The van der Waals surface area contributed by atoms with Crippen LogP contribution in [0.2, 0.25) is 0 Å². The Hall–Kier alpha value is -2.46. The van der Waals surface area contributed by atoms with Crippen LogP contribution < -0.4 is 5.32 Å². The molecule has 0 amide bonds. The Kier molecular flexibility index (Phi) is 4.83. The van der Waals surface area contributed by atoms with Crippen molar-refractivity contribution in [3.8, 4) is 5.75 Å². The van der Waals surface area contributed by atoms with Crippen LogP contribution in [-0.2, 0) is 0 Å². The molecule has 0 spiro atoms. The van der Waals surface area contributed by atoms with Crippen molar-refractivity contribution in [2.45, 2.75) is 18.9 Å². The van der Waals surface area contributed by atoms with Gasteiger partial charge in [-0.25, -0.2) is 0 Å². The van der Waals surface area contributed by atoms with Crippen molar-refractivity contribution >= 4 is 11.5 Å². The molecule has 0 saturated carbocycles. The molecular weight excluding hydrogens is 288 g/mol. The van der Waals surface area contributed by atoms with Gasteiger partial charge in [0.05, 0.1) is 12.1 Å². The van der Waals surface area contributed by atoms with Gasteiger partial charge < -0.3 is 10.4 Å². The molecule has 2 N–H and O–H groups in total. The van der Waals surface area contributed by atoms with Gasteiger partial charge >= 0.3 is 0 Å². The van der Waals surface area contributed by atoms with Gasteiger partial charge in [-0.05, 0) is 17.7 Å². The molecule has 2 aromatic rings. The number of nitrogens with one attached hydrogen (secondary N) is 1. The van der Waals surface area contributed by atoms with E-state index in [1.54, 1.807) is 18.2 Å². The minimum Gasteiger partial charge on any atom is -0.507 e. The van der Waals surface area contributed by atoms with E-state index in [-0.39, 0.29) is 24.0 Å². The number of rotatable bonds is 4. The Morgan fingerprint density at radius 3 is 2.65 bits per heavy atom. The summed E-state index contributed by atoms with van der Waals surface area (Å²) < 4.78 is 0. The second kappa shape index (κ2) is 7.20. The number of hydrogen-bond acceptors (Lipinski definition) is 4. The van der Waals surface area contributed by atoms with E-state index < -0.39 is 0 Å². The van der Waals surface area contributed by atoms with E-state index in [2.05, 4.69) is 22.4 Å². The summed E-state index contributed by atoms with van der Waals surface area (Å²) >= 11 is 0. The monoisotopic (exact) mass is 308 g/mol. The number of carbonyl (C=O) groups is 1. The summed E-state index contributed by atoms with van der Waals surface area (Å²) in [5.74, 6) is -0.0555. The van der Waals surface area contributed by atoms with Gasteiger partial charge in [0.25, 0.3) is 0 Å². The first-order valence-corrected chi connectivity index (χ1v) is 7.86. The van der Waals surface area contributed by atoms with E-state index in [1.165, 1.54) is 11.6 Å². The summed E-state index contributed by atoms with van der Waals surface area (Å²) in [6.45, 7) is 1.47. The van der Waals surface area contributed by atoms with Crippen LogP contribution in [0.4, 0.5) is 0 Å². The summed E-state index contributed by atoms with van der Waals surface area (Å²) in [5, 5.41) is 13.3. The maximum absolute atomic E-state index is 12.4. The molecule has 4 nitrogen and oxygen atoms in total. The summed E-state index contributed by atoms with van der Waals surface area (Å²) in [7, 11) is 0. The Labute approximate surface area is 135 Å². The quantitative estimate of drug-likeness (QED) is 0.853. The molecule has 1 heterocycles. The standard InChI is InChI=1S/C19H20N2O2/c22-18-9-5-4-8-16(18)19(23)13-15-12-17(21-11-10-20-15)14-6-2-1-3-7-14/h1-9,17,21-22H,10-13H2/t17-/m0/s1. The van der Waals surface area contributed by atoms with Gasteiger partial charge in [0.15, 0.2) is 5.78 Å². The highest BCUT2D eigenvalue weighted by molar-refractivity contribution is 6.11. The number of ketones is 1. The number of aromatic hydroxyl groups is 1. The lowest BCUT2D eigenvalue weighted by Crippen LogP contribution is -2.23. The van der Waals surface area contributed by atoms with Crippen LogP contribution in [0.5, 0.6) is 5.75 Å². The average molecular weight is 308 g/mol. The van der Waals surface area contributed by atoms with Crippen LogP contribution >= 0.6 is 0 Å². The molecule has 0 fully saturated rings. The second-order valence-corrected chi connectivity index (χ2v) is 5.69. The maximum atomic E-state index is 12.4. The zero-order valence-corrected chi connectivity index (χ0v) is 12.9. The number of phenolic OH excluding ortho intramolecular Hbond substituents is 1. The van der Waals surface area contributed by atoms with Gasteiger partial charge in [-0.3, -0.25) is 9.79 Å². The second-order valence-electron chi connectivity index (χ2n) is 5.69. The SMILES string of the molecule is O=C(CC1=NCCN[C@H](c2ccccc2)C1)c1ccccc1O. The molecule has 4 heteroatoms. The summed E-state index contributed by atoms with van der Waals surface area (Å²) in [4.78, 5) is 17.0. The zero-order chi connectivity index (χ0) is 16.1. The Balaban J connectivity index is 1.73. The van der Waals surface area contributed by atoms with Crippen molar-refractivity contribution in [1.82, 2.24) is 5.32 Å². The maximum Gasteiger partial charge on any atom is 0.172 e. The lowest BCUT2D eigenvalue weighted by atomic mass is 9.97. The highest BCUT2D eigenvalue weighted by Crippen LogP contribution is 2.22. The van der Waals surface area contributed by atoms with Crippen molar-refractivity contribution < 1.29 is 9.90 Å². The topological polar surface area (TPSA) is 61.7 Å². The molecule has 1 aliphatic rings. The molecule has 0 radical (unpaired) electrons. The molecular formula is C19H20N2O2. The van der Waals surface area contributed by atoms with E-state index in [0.29, 0.717) is 18.5 Å². The van der Waals surface area contributed by atoms with Crippen LogP contribution in [0.25, 0.3) is 0 Å². The fourth-order valence-corrected chi connectivity index (χ4v) is 2.86. The van der Waals surface area contributed by atoms with Crippen LogP contribution in [0.15, 0.2) is 59.6 Å². The normalized spacial score (nSPS) is 18.1.